The Balaban J connectivity index is 1.98. The summed E-state index contributed by atoms with van der Waals surface area (Å²) in [4.78, 5) is 20.7. The molecule has 0 spiro atoms. The Morgan fingerprint density at radius 2 is 1.97 bits per heavy atom. The van der Waals surface area contributed by atoms with Gasteiger partial charge in [-0.15, -0.1) is 0 Å². The molecule has 29 heavy (non-hydrogen) atoms. The van der Waals surface area contributed by atoms with Crippen molar-refractivity contribution in [3.05, 3.63) is 38.7 Å². The Labute approximate surface area is 189 Å². The molecule has 0 unspecified atom stereocenters. The zero-order chi connectivity index (χ0) is 21.4. The van der Waals surface area contributed by atoms with Crippen LogP contribution in [0.25, 0.3) is 0 Å². The molecule has 0 saturated carbocycles. The number of aryl methyl sites for hydroxylation is 2. The molecule has 1 heterocycles. The van der Waals surface area contributed by atoms with Crippen LogP contribution in [0.1, 0.15) is 37.7 Å². The lowest BCUT2D eigenvalue weighted by molar-refractivity contribution is -0.118. The number of carbonyl (C=O) groups excluding carboxylic acids is 1. The maximum absolute atomic E-state index is 12.0. The summed E-state index contributed by atoms with van der Waals surface area (Å²) in [6.45, 7) is 10.2. The molecular weight excluding hydrogens is 503 g/mol. The third-order valence-electron chi connectivity index (χ3n) is 3.38. The SMILES string of the molecule is CCOc1cc(/C=N\NC(=O)CSc2nc(C)cc(C)n2)cc(I)c1OC(C)C. The van der Waals surface area contributed by atoms with Crippen molar-refractivity contribution in [2.45, 2.75) is 45.9 Å². The molecule has 1 N–H and O–H groups in total. The van der Waals surface area contributed by atoms with Crippen molar-refractivity contribution >= 4 is 46.5 Å². The topological polar surface area (TPSA) is 85.7 Å². The fourth-order valence-corrected chi connectivity index (χ4v) is 3.87. The highest BCUT2D eigenvalue weighted by molar-refractivity contribution is 14.1. The van der Waals surface area contributed by atoms with Gasteiger partial charge < -0.3 is 9.47 Å². The summed E-state index contributed by atoms with van der Waals surface area (Å²) in [5.41, 5.74) is 5.09. The smallest absolute Gasteiger partial charge is 0.250 e. The second-order valence-corrected chi connectivity index (χ2v) is 8.55. The number of thioether (sulfide) groups is 1. The van der Waals surface area contributed by atoms with E-state index in [-0.39, 0.29) is 17.8 Å². The van der Waals surface area contributed by atoms with Gasteiger partial charge in [0.1, 0.15) is 0 Å². The predicted octanol–water partition coefficient (Wildman–Crippen LogP) is 4.13. The van der Waals surface area contributed by atoms with E-state index >= 15 is 0 Å². The highest BCUT2D eigenvalue weighted by Crippen LogP contribution is 2.34. The first-order valence-electron chi connectivity index (χ1n) is 9.18. The van der Waals surface area contributed by atoms with Crippen molar-refractivity contribution in [2.24, 2.45) is 5.10 Å². The minimum atomic E-state index is -0.228. The Morgan fingerprint density at radius 3 is 2.59 bits per heavy atom. The number of amides is 1. The molecular formula is C20H25IN4O3S. The van der Waals surface area contributed by atoms with Gasteiger partial charge in [-0.2, -0.15) is 5.10 Å². The lowest BCUT2D eigenvalue weighted by Gasteiger charge is -2.16. The largest absolute Gasteiger partial charge is 0.490 e. The van der Waals surface area contributed by atoms with E-state index in [4.69, 9.17) is 9.47 Å². The van der Waals surface area contributed by atoms with Gasteiger partial charge in [0.25, 0.3) is 5.91 Å². The van der Waals surface area contributed by atoms with E-state index in [9.17, 15) is 4.79 Å². The molecule has 1 aromatic carbocycles. The molecule has 0 saturated heterocycles. The second-order valence-electron chi connectivity index (χ2n) is 6.44. The first-order chi connectivity index (χ1) is 13.8. The van der Waals surface area contributed by atoms with E-state index in [0.717, 1.165) is 20.5 Å². The zero-order valence-electron chi connectivity index (χ0n) is 17.2. The number of rotatable bonds is 9. The van der Waals surface area contributed by atoms with Gasteiger partial charge in [0, 0.05) is 11.4 Å². The molecule has 1 aromatic heterocycles. The molecule has 0 aliphatic carbocycles. The van der Waals surface area contributed by atoms with Gasteiger partial charge in [-0.3, -0.25) is 4.79 Å². The summed E-state index contributed by atoms with van der Waals surface area (Å²) in [5.74, 6) is 1.33. The summed E-state index contributed by atoms with van der Waals surface area (Å²) >= 11 is 3.48. The molecule has 7 nitrogen and oxygen atoms in total. The fraction of sp³-hybridized carbons (Fsp3) is 0.400. The molecule has 2 aromatic rings. The average molecular weight is 528 g/mol. The Morgan fingerprint density at radius 1 is 1.28 bits per heavy atom. The minimum absolute atomic E-state index is 0.0418. The lowest BCUT2D eigenvalue weighted by Crippen LogP contribution is -2.19. The van der Waals surface area contributed by atoms with Crippen LogP contribution in [0.5, 0.6) is 11.5 Å². The number of hydrogen-bond donors (Lipinski definition) is 1. The highest BCUT2D eigenvalue weighted by Gasteiger charge is 2.13. The third-order valence-corrected chi connectivity index (χ3v) is 5.03. The first kappa shape index (κ1) is 23.4. The number of benzene rings is 1. The van der Waals surface area contributed by atoms with Crippen molar-refractivity contribution < 1.29 is 14.3 Å². The van der Waals surface area contributed by atoms with Gasteiger partial charge in [-0.1, -0.05) is 11.8 Å². The van der Waals surface area contributed by atoms with Gasteiger partial charge in [-0.25, -0.2) is 15.4 Å². The van der Waals surface area contributed by atoms with E-state index in [1.165, 1.54) is 11.8 Å². The maximum Gasteiger partial charge on any atom is 0.250 e. The number of halogens is 1. The summed E-state index contributed by atoms with van der Waals surface area (Å²) in [7, 11) is 0. The summed E-state index contributed by atoms with van der Waals surface area (Å²) in [6.07, 6.45) is 1.62. The van der Waals surface area contributed by atoms with Gasteiger partial charge in [0.2, 0.25) is 0 Å². The third kappa shape index (κ3) is 7.81. The van der Waals surface area contributed by atoms with Gasteiger partial charge in [0.15, 0.2) is 16.7 Å². The zero-order valence-corrected chi connectivity index (χ0v) is 20.1. The normalized spacial score (nSPS) is 11.1. The van der Waals surface area contributed by atoms with Gasteiger partial charge in [0.05, 0.1) is 28.2 Å². The molecule has 9 heteroatoms. The van der Waals surface area contributed by atoms with Crippen LogP contribution in [-0.4, -0.2) is 40.6 Å². The number of nitrogens with zero attached hydrogens (tertiary/aromatic N) is 3. The van der Waals surface area contributed by atoms with Crippen LogP contribution in [-0.2, 0) is 4.79 Å². The van der Waals surface area contributed by atoms with Crippen LogP contribution in [0.2, 0.25) is 0 Å². The Hall–Kier alpha value is -1.88. The lowest BCUT2D eigenvalue weighted by atomic mass is 10.2. The molecule has 0 bridgehead atoms. The summed E-state index contributed by atoms with van der Waals surface area (Å²) < 4.78 is 12.5. The molecule has 0 aliphatic heterocycles. The van der Waals surface area contributed by atoms with E-state index in [1.54, 1.807) is 6.21 Å². The predicted molar refractivity (Wildman–Crippen MR) is 124 cm³/mol. The van der Waals surface area contributed by atoms with E-state index in [0.29, 0.717) is 23.3 Å². The maximum atomic E-state index is 12.0. The number of hydrogen-bond acceptors (Lipinski definition) is 7. The van der Waals surface area contributed by atoms with Crippen molar-refractivity contribution in [3.8, 4) is 11.5 Å². The standard InChI is InChI=1S/C20H25IN4O3S/c1-6-27-17-9-15(8-16(21)19(17)28-12(2)3)10-22-25-18(26)11-29-20-23-13(4)7-14(5)24-20/h7-10,12H,6,11H2,1-5H3,(H,25,26)/b22-10-. The van der Waals surface area contributed by atoms with Crippen LogP contribution < -0.4 is 14.9 Å². The molecule has 0 aliphatic rings. The number of aromatic nitrogens is 2. The van der Waals surface area contributed by atoms with Crippen LogP contribution in [0.4, 0.5) is 0 Å². The number of nitrogens with one attached hydrogen (secondary N) is 1. The number of carbonyl (C=O) groups is 1. The van der Waals surface area contributed by atoms with Crippen molar-refractivity contribution in [3.63, 3.8) is 0 Å². The second kappa shape index (κ2) is 11.3. The summed E-state index contributed by atoms with van der Waals surface area (Å²) in [5, 5.41) is 4.63. The van der Waals surface area contributed by atoms with Gasteiger partial charge in [-0.05, 0) is 81.0 Å². The van der Waals surface area contributed by atoms with Crippen LogP contribution in [0.15, 0.2) is 28.5 Å². The molecule has 1 amide bonds. The number of ether oxygens (including phenoxy) is 2. The summed E-state index contributed by atoms with van der Waals surface area (Å²) in [6, 6.07) is 5.66. The fourth-order valence-electron chi connectivity index (χ4n) is 2.37. The number of hydrazone groups is 1. The van der Waals surface area contributed by atoms with E-state index in [2.05, 4.69) is 43.1 Å². The van der Waals surface area contributed by atoms with Gasteiger partial charge >= 0.3 is 0 Å². The molecule has 0 radical (unpaired) electrons. The quantitative estimate of drug-likeness (QED) is 0.173. The monoisotopic (exact) mass is 528 g/mol. The van der Waals surface area contributed by atoms with Crippen molar-refractivity contribution in [1.82, 2.24) is 15.4 Å². The van der Waals surface area contributed by atoms with Crippen LogP contribution >= 0.6 is 34.4 Å². The van der Waals surface area contributed by atoms with Crippen LogP contribution in [0.3, 0.4) is 0 Å². The Kier molecular flexibility index (Phi) is 9.15. The minimum Gasteiger partial charge on any atom is -0.490 e. The first-order valence-corrected chi connectivity index (χ1v) is 11.2. The van der Waals surface area contributed by atoms with E-state index in [1.807, 2.05) is 52.8 Å². The average Bonchev–Trinajstić information content (AvgIpc) is 2.62. The Bertz CT molecular complexity index is 870. The van der Waals surface area contributed by atoms with Crippen molar-refractivity contribution in [1.29, 1.82) is 0 Å². The molecule has 0 atom stereocenters. The highest BCUT2D eigenvalue weighted by atomic mass is 127. The van der Waals surface area contributed by atoms with E-state index < -0.39 is 0 Å². The molecule has 2 rings (SSSR count). The van der Waals surface area contributed by atoms with Crippen LogP contribution in [0, 0.1) is 17.4 Å². The molecule has 0 fully saturated rings. The van der Waals surface area contributed by atoms with Crippen molar-refractivity contribution in [2.75, 3.05) is 12.4 Å². The molecule has 156 valence electrons.